The largest absolute Gasteiger partial charge is 0.350 e. The number of hydrogen-bond donors (Lipinski definition) is 2. The first-order valence-corrected chi connectivity index (χ1v) is 5.47. The number of rotatable bonds is 4. The van der Waals surface area contributed by atoms with Gasteiger partial charge in [0, 0.05) is 0 Å². The third kappa shape index (κ3) is 4.55. The minimum Gasteiger partial charge on any atom is -0.350 e. The van der Waals surface area contributed by atoms with E-state index in [2.05, 4.69) is 20.8 Å². The number of azo groups is 1. The first-order valence-electron chi connectivity index (χ1n) is 5.47. The number of hydrazone groups is 1. The smallest absolute Gasteiger partial charge is 0.332 e. The molecular formula is C12H11N7O. The monoisotopic (exact) mass is 269 g/mol. The topological polar surface area (TPSA) is 140 Å². The summed E-state index contributed by atoms with van der Waals surface area (Å²) in [6.45, 7) is 1.70. The molecule has 0 saturated heterocycles. The molecule has 8 nitrogen and oxygen atoms in total. The van der Waals surface area contributed by atoms with Crippen LogP contribution < -0.4 is 11.2 Å². The van der Waals surface area contributed by atoms with Crippen molar-refractivity contribution in [2.75, 3.05) is 0 Å². The SMILES string of the molecule is C/C(=N/NC(N)=O)c1ccc(N=NC(C#N)C#N)cc1. The first kappa shape index (κ1) is 14.8. The molecule has 0 fully saturated rings. The number of benzene rings is 1. The zero-order valence-electron chi connectivity index (χ0n) is 10.6. The van der Waals surface area contributed by atoms with E-state index in [1.54, 1.807) is 43.3 Å². The molecule has 20 heavy (non-hydrogen) atoms. The Bertz CT molecular complexity index is 605. The summed E-state index contributed by atoms with van der Waals surface area (Å²) in [5, 5.41) is 28.2. The van der Waals surface area contributed by atoms with Crippen LogP contribution >= 0.6 is 0 Å². The van der Waals surface area contributed by atoms with Gasteiger partial charge in [0.05, 0.1) is 11.4 Å². The van der Waals surface area contributed by atoms with E-state index >= 15 is 0 Å². The fourth-order valence-corrected chi connectivity index (χ4v) is 1.18. The van der Waals surface area contributed by atoms with E-state index in [0.717, 1.165) is 5.56 Å². The fourth-order valence-electron chi connectivity index (χ4n) is 1.18. The molecule has 0 spiro atoms. The second kappa shape index (κ2) is 7.24. The number of urea groups is 1. The summed E-state index contributed by atoms with van der Waals surface area (Å²) < 4.78 is 0. The van der Waals surface area contributed by atoms with Gasteiger partial charge in [-0.2, -0.15) is 25.9 Å². The molecule has 0 bridgehead atoms. The van der Waals surface area contributed by atoms with E-state index < -0.39 is 12.1 Å². The molecular weight excluding hydrogens is 258 g/mol. The van der Waals surface area contributed by atoms with Crippen molar-refractivity contribution in [1.82, 2.24) is 5.43 Å². The van der Waals surface area contributed by atoms with E-state index in [-0.39, 0.29) is 0 Å². The van der Waals surface area contributed by atoms with Crippen LogP contribution in [0.1, 0.15) is 12.5 Å². The zero-order chi connectivity index (χ0) is 15.0. The number of primary amides is 1. The molecule has 100 valence electrons. The Morgan fingerprint density at radius 3 is 2.40 bits per heavy atom. The average Bonchev–Trinajstić information content (AvgIpc) is 2.46. The van der Waals surface area contributed by atoms with Crippen LogP contribution in [-0.4, -0.2) is 17.8 Å². The quantitative estimate of drug-likeness (QED) is 0.487. The maximum Gasteiger partial charge on any atom is 0.332 e. The molecule has 0 unspecified atom stereocenters. The number of nitriles is 2. The highest BCUT2D eigenvalue weighted by Gasteiger charge is 2.01. The summed E-state index contributed by atoms with van der Waals surface area (Å²) in [6, 6.07) is 8.23. The third-order valence-electron chi connectivity index (χ3n) is 2.15. The van der Waals surface area contributed by atoms with Crippen molar-refractivity contribution in [2.45, 2.75) is 13.0 Å². The summed E-state index contributed by atoms with van der Waals surface area (Å²) in [7, 11) is 0. The van der Waals surface area contributed by atoms with E-state index in [1.807, 2.05) is 0 Å². The first-order chi connectivity index (χ1) is 9.56. The van der Waals surface area contributed by atoms with Gasteiger partial charge in [-0.1, -0.05) is 12.1 Å². The van der Waals surface area contributed by atoms with E-state index in [4.69, 9.17) is 16.3 Å². The Kier molecular flexibility index (Phi) is 5.35. The third-order valence-corrected chi connectivity index (χ3v) is 2.15. The van der Waals surface area contributed by atoms with Crippen molar-refractivity contribution in [1.29, 1.82) is 10.5 Å². The highest BCUT2D eigenvalue weighted by atomic mass is 16.2. The Balaban J connectivity index is 2.80. The normalized spacial score (nSPS) is 11.1. The Hall–Kier alpha value is -3.26. The van der Waals surface area contributed by atoms with Crippen LogP contribution in [0.15, 0.2) is 39.6 Å². The number of carbonyl (C=O) groups is 1. The minimum atomic E-state index is -1.11. The summed E-state index contributed by atoms with van der Waals surface area (Å²) in [5.41, 5.74) is 8.85. The van der Waals surface area contributed by atoms with Crippen molar-refractivity contribution in [3.8, 4) is 12.1 Å². The van der Waals surface area contributed by atoms with Crippen LogP contribution in [0.2, 0.25) is 0 Å². The minimum absolute atomic E-state index is 0.500. The van der Waals surface area contributed by atoms with Gasteiger partial charge in [0.15, 0.2) is 0 Å². The Labute approximate surface area is 115 Å². The number of nitrogens with zero attached hydrogens (tertiary/aromatic N) is 5. The van der Waals surface area contributed by atoms with Gasteiger partial charge in [0.2, 0.25) is 6.04 Å². The maximum absolute atomic E-state index is 10.5. The second-order valence-electron chi connectivity index (χ2n) is 3.60. The molecule has 0 heterocycles. The molecule has 0 aromatic heterocycles. The van der Waals surface area contributed by atoms with Crippen molar-refractivity contribution >= 4 is 17.4 Å². The van der Waals surface area contributed by atoms with Crippen LogP contribution in [-0.2, 0) is 0 Å². The van der Waals surface area contributed by atoms with Crippen LogP contribution in [0.5, 0.6) is 0 Å². The summed E-state index contributed by atoms with van der Waals surface area (Å²) in [6.07, 6.45) is 0. The highest BCUT2D eigenvalue weighted by molar-refractivity contribution is 5.99. The van der Waals surface area contributed by atoms with Crippen LogP contribution in [0.4, 0.5) is 10.5 Å². The summed E-state index contributed by atoms with van der Waals surface area (Å²) in [5.74, 6) is 0. The lowest BCUT2D eigenvalue weighted by Crippen LogP contribution is -2.25. The lowest BCUT2D eigenvalue weighted by molar-refractivity contribution is 0.249. The highest BCUT2D eigenvalue weighted by Crippen LogP contribution is 2.14. The molecule has 0 aliphatic rings. The summed E-state index contributed by atoms with van der Waals surface area (Å²) >= 11 is 0. The maximum atomic E-state index is 10.5. The number of amides is 2. The molecule has 0 radical (unpaired) electrons. The predicted molar refractivity (Wildman–Crippen MR) is 70.9 cm³/mol. The standard InChI is InChI=1S/C12H11N7O/c1-8(16-19-12(15)20)9-2-4-10(5-3-9)17-18-11(6-13)7-14/h2-5,11H,1H3,(H3,15,19,20)/b16-8-,18-17?. The van der Waals surface area contributed by atoms with Crippen LogP contribution in [0.3, 0.4) is 0 Å². The van der Waals surface area contributed by atoms with Gasteiger partial charge in [-0.25, -0.2) is 10.2 Å². The molecule has 1 rings (SSSR count). The molecule has 1 aromatic carbocycles. The van der Waals surface area contributed by atoms with Gasteiger partial charge in [-0.05, 0) is 24.6 Å². The lowest BCUT2D eigenvalue weighted by atomic mass is 10.1. The van der Waals surface area contributed by atoms with Gasteiger partial charge in [-0.3, -0.25) is 0 Å². The van der Waals surface area contributed by atoms with Crippen molar-refractivity contribution in [3.63, 3.8) is 0 Å². The molecule has 0 atom stereocenters. The van der Waals surface area contributed by atoms with Gasteiger partial charge in [-0.15, -0.1) is 0 Å². The fraction of sp³-hybridized carbons (Fsp3) is 0.167. The molecule has 1 aromatic rings. The van der Waals surface area contributed by atoms with Crippen LogP contribution in [0, 0.1) is 22.7 Å². The van der Waals surface area contributed by atoms with Crippen molar-refractivity contribution < 1.29 is 4.79 Å². The van der Waals surface area contributed by atoms with Gasteiger partial charge in [0.1, 0.15) is 12.1 Å². The number of hydrogen-bond acceptors (Lipinski definition) is 6. The number of nitrogens with two attached hydrogens (primary N) is 1. The molecule has 0 aliphatic carbocycles. The number of nitrogens with one attached hydrogen (secondary N) is 1. The van der Waals surface area contributed by atoms with Gasteiger partial charge in [0.25, 0.3) is 0 Å². The summed E-state index contributed by atoms with van der Waals surface area (Å²) in [4.78, 5) is 10.5. The predicted octanol–water partition coefficient (Wildman–Crippen LogP) is 1.58. The zero-order valence-corrected chi connectivity index (χ0v) is 10.6. The van der Waals surface area contributed by atoms with Crippen molar-refractivity contribution in [3.05, 3.63) is 29.8 Å². The van der Waals surface area contributed by atoms with Crippen LogP contribution in [0.25, 0.3) is 0 Å². The van der Waals surface area contributed by atoms with Gasteiger partial charge >= 0.3 is 6.03 Å². The number of carbonyl (C=O) groups excluding carboxylic acids is 1. The van der Waals surface area contributed by atoms with E-state index in [1.165, 1.54) is 0 Å². The van der Waals surface area contributed by atoms with E-state index in [0.29, 0.717) is 11.4 Å². The molecule has 2 amide bonds. The molecule has 8 heteroatoms. The van der Waals surface area contributed by atoms with E-state index in [9.17, 15) is 4.79 Å². The van der Waals surface area contributed by atoms with Crippen molar-refractivity contribution in [2.24, 2.45) is 21.1 Å². The second-order valence-corrected chi connectivity index (χ2v) is 3.60. The van der Waals surface area contributed by atoms with Gasteiger partial charge < -0.3 is 5.73 Å². The lowest BCUT2D eigenvalue weighted by Gasteiger charge is -2.01. The Morgan fingerprint density at radius 1 is 1.30 bits per heavy atom. The molecule has 3 N–H and O–H groups in total. The Morgan fingerprint density at radius 2 is 1.90 bits per heavy atom. The average molecular weight is 269 g/mol. The molecule has 0 aliphatic heterocycles. The molecule has 0 saturated carbocycles.